The van der Waals surface area contributed by atoms with Crippen LogP contribution in [0.5, 0.6) is 0 Å². The van der Waals surface area contributed by atoms with E-state index in [1.165, 1.54) is 37.7 Å². The van der Waals surface area contributed by atoms with Crippen molar-refractivity contribution in [2.75, 3.05) is 6.54 Å². The average Bonchev–Trinajstić information content (AvgIpc) is 3.08. The van der Waals surface area contributed by atoms with Crippen LogP contribution in [0.15, 0.2) is 30.3 Å². The summed E-state index contributed by atoms with van der Waals surface area (Å²) in [5.74, 6) is 0. The molecule has 104 valence electrons. The number of nitrogens with zero attached hydrogens (tertiary/aromatic N) is 1. The smallest absolute Gasteiger partial charge is 0.0236 e. The molecule has 2 saturated carbocycles. The number of hydrogen-bond acceptors (Lipinski definition) is 2. The molecule has 19 heavy (non-hydrogen) atoms. The van der Waals surface area contributed by atoms with Gasteiger partial charge in [-0.2, -0.15) is 0 Å². The molecule has 1 spiro atoms. The zero-order valence-electron chi connectivity index (χ0n) is 12.0. The summed E-state index contributed by atoms with van der Waals surface area (Å²) in [4.78, 5) is 2.65. The lowest BCUT2D eigenvalue weighted by atomic mass is 9.82. The molecule has 1 unspecified atom stereocenters. The fraction of sp³-hybridized carbons (Fsp3) is 0.647. The van der Waals surface area contributed by atoms with Crippen molar-refractivity contribution in [2.24, 2.45) is 11.1 Å². The van der Waals surface area contributed by atoms with E-state index in [1.54, 1.807) is 0 Å². The van der Waals surface area contributed by atoms with Crippen molar-refractivity contribution in [1.29, 1.82) is 0 Å². The van der Waals surface area contributed by atoms with E-state index in [0.717, 1.165) is 19.1 Å². The van der Waals surface area contributed by atoms with Crippen LogP contribution in [0, 0.1) is 5.41 Å². The summed E-state index contributed by atoms with van der Waals surface area (Å²) < 4.78 is 0. The van der Waals surface area contributed by atoms with Crippen LogP contribution in [0.1, 0.15) is 44.6 Å². The Morgan fingerprint density at radius 1 is 1.21 bits per heavy atom. The number of rotatable bonds is 4. The second-order valence-corrected chi connectivity index (χ2v) is 6.45. The van der Waals surface area contributed by atoms with Crippen LogP contribution in [-0.2, 0) is 6.54 Å². The Hall–Kier alpha value is -0.860. The van der Waals surface area contributed by atoms with Crippen molar-refractivity contribution in [2.45, 2.75) is 57.7 Å². The van der Waals surface area contributed by atoms with E-state index in [0.29, 0.717) is 11.5 Å². The summed E-state index contributed by atoms with van der Waals surface area (Å²) >= 11 is 0. The highest BCUT2D eigenvalue weighted by atomic mass is 15.1. The summed E-state index contributed by atoms with van der Waals surface area (Å²) in [5.41, 5.74) is 8.09. The van der Waals surface area contributed by atoms with Crippen molar-refractivity contribution in [3.05, 3.63) is 35.9 Å². The second-order valence-electron chi connectivity index (χ2n) is 6.45. The molecule has 2 N–H and O–H groups in total. The Morgan fingerprint density at radius 2 is 1.84 bits per heavy atom. The fourth-order valence-corrected chi connectivity index (χ4v) is 3.81. The molecule has 2 nitrogen and oxygen atoms in total. The molecular weight excluding hydrogens is 232 g/mol. The minimum absolute atomic E-state index is 0.512. The molecule has 1 aromatic carbocycles. The Kier molecular flexibility index (Phi) is 3.64. The average molecular weight is 258 g/mol. The predicted octanol–water partition coefficient (Wildman–Crippen LogP) is 3.17. The molecule has 1 aromatic rings. The predicted molar refractivity (Wildman–Crippen MR) is 79.8 cm³/mol. The second kappa shape index (κ2) is 5.26. The summed E-state index contributed by atoms with van der Waals surface area (Å²) in [7, 11) is 0. The lowest BCUT2D eigenvalue weighted by molar-refractivity contribution is 0.127. The third-order valence-electron chi connectivity index (χ3n) is 5.35. The summed E-state index contributed by atoms with van der Waals surface area (Å²) in [6.45, 7) is 4.54. The largest absolute Gasteiger partial charge is 0.327 e. The first kappa shape index (κ1) is 13.1. The molecule has 2 aliphatic carbocycles. The number of nitrogens with two attached hydrogens (primary N) is 1. The lowest BCUT2D eigenvalue weighted by Gasteiger charge is -2.37. The molecule has 0 saturated heterocycles. The van der Waals surface area contributed by atoms with Gasteiger partial charge in [0.25, 0.3) is 0 Å². The van der Waals surface area contributed by atoms with Crippen molar-refractivity contribution < 1.29 is 0 Å². The third kappa shape index (κ3) is 2.70. The monoisotopic (exact) mass is 258 g/mol. The molecule has 0 radical (unpaired) electrons. The van der Waals surface area contributed by atoms with Crippen LogP contribution < -0.4 is 5.73 Å². The third-order valence-corrected chi connectivity index (χ3v) is 5.35. The molecule has 0 bridgehead atoms. The minimum Gasteiger partial charge on any atom is -0.327 e. The zero-order valence-corrected chi connectivity index (χ0v) is 12.0. The summed E-state index contributed by atoms with van der Waals surface area (Å²) in [6, 6.07) is 12.1. The van der Waals surface area contributed by atoms with E-state index in [2.05, 4.69) is 42.2 Å². The minimum atomic E-state index is 0.512. The molecule has 0 aliphatic heterocycles. The van der Waals surface area contributed by atoms with Gasteiger partial charge in [-0.1, -0.05) is 37.3 Å². The maximum absolute atomic E-state index is 6.10. The molecule has 0 aromatic heterocycles. The van der Waals surface area contributed by atoms with Gasteiger partial charge in [0.1, 0.15) is 0 Å². The van der Waals surface area contributed by atoms with E-state index in [9.17, 15) is 0 Å². The first-order valence-electron chi connectivity index (χ1n) is 7.77. The molecule has 1 atom stereocenters. The van der Waals surface area contributed by atoms with Crippen LogP contribution in [-0.4, -0.2) is 23.5 Å². The van der Waals surface area contributed by atoms with Gasteiger partial charge in [-0.15, -0.1) is 0 Å². The highest BCUT2D eigenvalue weighted by Crippen LogP contribution is 2.55. The molecule has 3 rings (SSSR count). The van der Waals surface area contributed by atoms with Gasteiger partial charge in [-0.3, -0.25) is 4.90 Å². The lowest BCUT2D eigenvalue weighted by Crippen LogP contribution is -2.38. The van der Waals surface area contributed by atoms with E-state index in [4.69, 9.17) is 5.73 Å². The van der Waals surface area contributed by atoms with E-state index >= 15 is 0 Å². The van der Waals surface area contributed by atoms with Gasteiger partial charge in [-0.25, -0.2) is 0 Å². The standard InChI is InChI=1S/C17H26N2/c1-2-19(13-14-6-4-3-5-7-14)15-8-10-17(11-9-15)12-16(17)18/h3-7,15-16H,2,8-13,18H2,1H3. The summed E-state index contributed by atoms with van der Waals surface area (Å²) in [6.07, 6.45) is 6.67. The fourth-order valence-electron chi connectivity index (χ4n) is 3.81. The number of hydrogen-bond donors (Lipinski definition) is 1. The Morgan fingerprint density at radius 3 is 2.37 bits per heavy atom. The topological polar surface area (TPSA) is 29.3 Å². The van der Waals surface area contributed by atoms with Gasteiger partial charge in [-0.05, 0) is 49.6 Å². The molecule has 2 aliphatic rings. The first-order valence-corrected chi connectivity index (χ1v) is 7.77. The molecule has 2 fully saturated rings. The van der Waals surface area contributed by atoms with Gasteiger partial charge >= 0.3 is 0 Å². The SMILES string of the molecule is CCN(Cc1ccccc1)C1CCC2(CC1)CC2N. The van der Waals surface area contributed by atoms with Crippen LogP contribution >= 0.6 is 0 Å². The normalized spacial score (nSPS) is 33.8. The van der Waals surface area contributed by atoms with Gasteiger partial charge in [0.15, 0.2) is 0 Å². The zero-order chi connectivity index (χ0) is 13.3. The maximum Gasteiger partial charge on any atom is 0.0236 e. The molecule has 0 amide bonds. The quantitative estimate of drug-likeness (QED) is 0.899. The van der Waals surface area contributed by atoms with Crippen molar-refractivity contribution in [1.82, 2.24) is 4.90 Å². The van der Waals surface area contributed by atoms with Crippen molar-refractivity contribution in [3.8, 4) is 0 Å². The van der Waals surface area contributed by atoms with E-state index in [1.807, 2.05) is 0 Å². The Bertz CT molecular complexity index is 407. The number of benzene rings is 1. The highest BCUT2D eigenvalue weighted by molar-refractivity contribution is 5.15. The van der Waals surface area contributed by atoms with Crippen LogP contribution in [0.25, 0.3) is 0 Å². The molecular formula is C17H26N2. The van der Waals surface area contributed by atoms with Crippen molar-refractivity contribution >= 4 is 0 Å². The Labute approximate surface area is 117 Å². The molecule has 2 heteroatoms. The van der Waals surface area contributed by atoms with Crippen LogP contribution in [0.4, 0.5) is 0 Å². The van der Waals surface area contributed by atoms with Crippen LogP contribution in [0.3, 0.4) is 0 Å². The van der Waals surface area contributed by atoms with Crippen molar-refractivity contribution in [3.63, 3.8) is 0 Å². The van der Waals surface area contributed by atoms with Gasteiger partial charge in [0.05, 0.1) is 0 Å². The maximum atomic E-state index is 6.10. The van der Waals surface area contributed by atoms with Crippen LogP contribution in [0.2, 0.25) is 0 Å². The van der Waals surface area contributed by atoms with Gasteiger partial charge in [0.2, 0.25) is 0 Å². The van der Waals surface area contributed by atoms with E-state index < -0.39 is 0 Å². The Balaban J connectivity index is 1.58. The van der Waals surface area contributed by atoms with Gasteiger partial charge < -0.3 is 5.73 Å². The highest BCUT2D eigenvalue weighted by Gasteiger charge is 2.53. The first-order chi connectivity index (χ1) is 9.23. The van der Waals surface area contributed by atoms with Gasteiger partial charge in [0, 0.05) is 18.6 Å². The van der Waals surface area contributed by atoms with E-state index in [-0.39, 0.29) is 0 Å². The molecule has 0 heterocycles. The summed E-state index contributed by atoms with van der Waals surface area (Å²) in [5, 5.41) is 0.